The van der Waals surface area contributed by atoms with Crippen molar-refractivity contribution in [2.24, 2.45) is 5.73 Å². The summed E-state index contributed by atoms with van der Waals surface area (Å²) in [4.78, 5) is 0. The van der Waals surface area contributed by atoms with Gasteiger partial charge in [-0.25, -0.2) is 0 Å². The summed E-state index contributed by atoms with van der Waals surface area (Å²) < 4.78 is 5.82. The molecular formula is C16H18ClNO. The van der Waals surface area contributed by atoms with Gasteiger partial charge in [-0.05, 0) is 36.6 Å². The molecular weight excluding hydrogens is 258 g/mol. The topological polar surface area (TPSA) is 35.2 Å². The van der Waals surface area contributed by atoms with Gasteiger partial charge in [0, 0.05) is 6.04 Å². The lowest BCUT2D eigenvalue weighted by molar-refractivity contribution is 0.304. The summed E-state index contributed by atoms with van der Waals surface area (Å²) in [6.45, 7) is 4.44. The lowest BCUT2D eigenvalue weighted by atomic mass is 10.1. The van der Waals surface area contributed by atoms with Gasteiger partial charge in [-0.2, -0.15) is 0 Å². The Morgan fingerprint density at radius 1 is 1.21 bits per heavy atom. The number of hydrogen-bond donors (Lipinski definition) is 1. The Morgan fingerprint density at radius 3 is 2.47 bits per heavy atom. The van der Waals surface area contributed by atoms with Crippen LogP contribution in [0.4, 0.5) is 0 Å². The normalized spacial score (nSPS) is 12.2. The number of aryl methyl sites for hydroxylation is 1. The van der Waals surface area contributed by atoms with Crippen LogP contribution in [0.5, 0.6) is 5.75 Å². The smallest absolute Gasteiger partial charge is 0.141 e. The molecule has 0 saturated heterocycles. The van der Waals surface area contributed by atoms with Crippen molar-refractivity contribution in [2.45, 2.75) is 26.5 Å². The third kappa shape index (κ3) is 3.49. The first-order chi connectivity index (χ1) is 9.08. The molecule has 0 spiro atoms. The molecule has 2 N–H and O–H groups in total. The molecule has 0 aromatic heterocycles. The van der Waals surface area contributed by atoms with Crippen LogP contribution in [0.25, 0.3) is 0 Å². The van der Waals surface area contributed by atoms with Gasteiger partial charge in [0.15, 0.2) is 0 Å². The molecule has 0 amide bonds. The summed E-state index contributed by atoms with van der Waals surface area (Å²) in [7, 11) is 0. The SMILES string of the molecule is Cc1cc(C(C)N)cc(Cl)c1OCc1ccccc1. The van der Waals surface area contributed by atoms with Crippen molar-refractivity contribution in [1.82, 2.24) is 0 Å². The van der Waals surface area contributed by atoms with Gasteiger partial charge in [-0.3, -0.25) is 0 Å². The summed E-state index contributed by atoms with van der Waals surface area (Å²) in [5.74, 6) is 0.731. The highest BCUT2D eigenvalue weighted by molar-refractivity contribution is 6.32. The van der Waals surface area contributed by atoms with Crippen LogP contribution in [0, 0.1) is 6.92 Å². The van der Waals surface area contributed by atoms with Crippen LogP contribution in [0.2, 0.25) is 5.02 Å². The Hall–Kier alpha value is -1.51. The van der Waals surface area contributed by atoms with Crippen molar-refractivity contribution >= 4 is 11.6 Å². The van der Waals surface area contributed by atoms with Gasteiger partial charge in [0.2, 0.25) is 0 Å². The Morgan fingerprint density at radius 2 is 1.89 bits per heavy atom. The lowest BCUT2D eigenvalue weighted by Crippen LogP contribution is -2.06. The first-order valence-corrected chi connectivity index (χ1v) is 6.68. The highest BCUT2D eigenvalue weighted by Crippen LogP contribution is 2.32. The van der Waals surface area contributed by atoms with E-state index in [9.17, 15) is 0 Å². The van der Waals surface area contributed by atoms with Crippen LogP contribution in [0.1, 0.15) is 29.7 Å². The zero-order valence-corrected chi connectivity index (χ0v) is 11.9. The second-order valence-corrected chi connectivity index (χ2v) is 5.12. The van der Waals surface area contributed by atoms with E-state index in [2.05, 4.69) is 0 Å². The lowest BCUT2D eigenvalue weighted by Gasteiger charge is -2.14. The van der Waals surface area contributed by atoms with Crippen molar-refractivity contribution in [3.63, 3.8) is 0 Å². The van der Waals surface area contributed by atoms with Crippen LogP contribution < -0.4 is 10.5 Å². The predicted molar refractivity (Wildman–Crippen MR) is 79.6 cm³/mol. The van der Waals surface area contributed by atoms with E-state index in [1.165, 1.54) is 0 Å². The van der Waals surface area contributed by atoms with Crippen LogP contribution in [-0.4, -0.2) is 0 Å². The van der Waals surface area contributed by atoms with Gasteiger partial charge in [0.1, 0.15) is 12.4 Å². The fourth-order valence-electron chi connectivity index (χ4n) is 1.93. The summed E-state index contributed by atoms with van der Waals surface area (Å²) >= 11 is 6.26. The molecule has 2 aromatic carbocycles. The minimum absolute atomic E-state index is 0.0284. The van der Waals surface area contributed by atoms with Crippen molar-refractivity contribution < 1.29 is 4.74 Å². The van der Waals surface area contributed by atoms with Gasteiger partial charge in [0.05, 0.1) is 5.02 Å². The van der Waals surface area contributed by atoms with E-state index in [1.54, 1.807) is 0 Å². The van der Waals surface area contributed by atoms with E-state index < -0.39 is 0 Å². The average molecular weight is 276 g/mol. The highest BCUT2D eigenvalue weighted by atomic mass is 35.5. The first kappa shape index (κ1) is 13.9. The van der Waals surface area contributed by atoms with E-state index in [4.69, 9.17) is 22.1 Å². The van der Waals surface area contributed by atoms with Crippen LogP contribution in [-0.2, 0) is 6.61 Å². The van der Waals surface area contributed by atoms with Crippen LogP contribution in [0.3, 0.4) is 0 Å². The number of hydrogen-bond acceptors (Lipinski definition) is 2. The summed E-state index contributed by atoms with van der Waals surface area (Å²) in [6.07, 6.45) is 0. The van der Waals surface area contributed by atoms with Crippen LogP contribution in [0.15, 0.2) is 42.5 Å². The minimum atomic E-state index is -0.0284. The van der Waals surface area contributed by atoms with E-state index in [1.807, 2.05) is 56.3 Å². The van der Waals surface area contributed by atoms with Crippen molar-refractivity contribution in [2.75, 3.05) is 0 Å². The molecule has 0 radical (unpaired) electrons. The molecule has 1 atom stereocenters. The third-order valence-corrected chi connectivity index (χ3v) is 3.28. The fraction of sp³-hybridized carbons (Fsp3) is 0.250. The number of nitrogens with two attached hydrogens (primary N) is 1. The summed E-state index contributed by atoms with van der Waals surface area (Å²) in [5, 5.41) is 0.614. The second-order valence-electron chi connectivity index (χ2n) is 4.71. The Balaban J connectivity index is 2.17. The number of rotatable bonds is 4. The highest BCUT2D eigenvalue weighted by Gasteiger charge is 2.10. The molecule has 100 valence electrons. The standard InChI is InChI=1S/C16H18ClNO/c1-11-8-14(12(2)18)9-15(17)16(11)19-10-13-6-4-3-5-7-13/h3-9,12H,10,18H2,1-2H3. The molecule has 0 fully saturated rings. The summed E-state index contributed by atoms with van der Waals surface area (Å²) in [6, 6.07) is 13.9. The molecule has 0 aliphatic heterocycles. The molecule has 2 nitrogen and oxygen atoms in total. The molecule has 2 rings (SSSR count). The van der Waals surface area contributed by atoms with Gasteiger partial charge in [-0.1, -0.05) is 48.0 Å². The maximum absolute atomic E-state index is 6.26. The average Bonchev–Trinajstić information content (AvgIpc) is 2.38. The number of halogens is 1. The molecule has 0 heterocycles. The van der Waals surface area contributed by atoms with E-state index in [0.29, 0.717) is 11.6 Å². The number of benzene rings is 2. The molecule has 3 heteroatoms. The van der Waals surface area contributed by atoms with Gasteiger partial charge < -0.3 is 10.5 Å². The zero-order chi connectivity index (χ0) is 13.8. The summed E-state index contributed by atoms with van der Waals surface area (Å²) in [5.41, 5.74) is 9.02. The van der Waals surface area contributed by atoms with E-state index >= 15 is 0 Å². The molecule has 1 unspecified atom stereocenters. The maximum Gasteiger partial charge on any atom is 0.141 e. The second kappa shape index (κ2) is 6.09. The van der Waals surface area contributed by atoms with Gasteiger partial charge >= 0.3 is 0 Å². The molecule has 0 bridgehead atoms. The third-order valence-electron chi connectivity index (χ3n) is 3.00. The zero-order valence-electron chi connectivity index (χ0n) is 11.2. The van der Waals surface area contributed by atoms with Gasteiger partial charge in [0.25, 0.3) is 0 Å². The van der Waals surface area contributed by atoms with Crippen molar-refractivity contribution in [3.05, 3.63) is 64.2 Å². The van der Waals surface area contributed by atoms with Gasteiger partial charge in [-0.15, -0.1) is 0 Å². The van der Waals surface area contributed by atoms with E-state index in [-0.39, 0.29) is 6.04 Å². The Labute approximate surface area is 119 Å². The molecule has 19 heavy (non-hydrogen) atoms. The van der Waals surface area contributed by atoms with Crippen molar-refractivity contribution in [3.8, 4) is 5.75 Å². The Kier molecular flexibility index (Phi) is 4.46. The molecule has 2 aromatic rings. The minimum Gasteiger partial charge on any atom is -0.487 e. The molecule has 0 saturated carbocycles. The largest absolute Gasteiger partial charge is 0.487 e. The Bertz CT molecular complexity index is 529. The van der Waals surface area contributed by atoms with E-state index in [0.717, 1.165) is 22.4 Å². The fourth-order valence-corrected chi connectivity index (χ4v) is 2.26. The quantitative estimate of drug-likeness (QED) is 0.905. The first-order valence-electron chi connectivity index (χ1n) is 6.30. The number of ether oxygens (including phenoxy) is 1. The maximum atomic E-state index is 6.26. The predicted octanol–water partition coefficient (Wildman–Crippen LogP) is 4.25. The van der Waals surface area contributed by atoms with Crippen molar-refractivity contribution in [1.29, 1.82) is 0 Å². The monoisotopic (exact) mass is 275 g/mol. The van der Waals surface area contributed by atoms with Crippen LogP contribution >= 0.6 is 11.6 Å². The molecule has 0 aliphatic rings. The molecule has 0 aliphatic carbocycles.